The van der Waals surface area contributed by atoms with Crippen LogP contribution in [0.5, 0.6) is 0 Å². The van der Waals surface area contributed by atoms with E-state index < -0.39 is 33.0 Å². The molecule has 0 N–H and O–H groups in total. The fourth-order valence-electron chi connectivity index (χ4n) is 0.473. The van der Waals surface area contributed by atoms with Gasteiger partial charge < -0.3 is 11.1 Å². The second kappa shape index (κ2) is 8.43. The van der Waals surface area contributed by atoms with Gasteiger partial charge in [-0.3, -0.25) is 9.59 Å². The highest BCUT2D eigenvalue weighted by Crippen LogP contribution is 2.22. The molecule has 0 aromatic heterocycles. The molecule has 0 fully saturated rings. The molecule has 84 valence electrons. The lowest BCUT2D eigenvalue weighted by Crippen LogP contribution is -2.10. The largest absolute Gasteiger partial charge is 0.698 e. The molecule has 0 aromatic carbocycles. The third-order valence-electron chi connectivity index (χ3n) is 1.03. The Bertz CT molecular complexity index is 360. The minimum Gasteiger partial charge on any atom is -0.361 e. The van der Waals surface area contributed by atoms with Crippen LogP contribution in [0.2, 0.25) is 0 Å². The lowest BCUT2D eigenvalue weighted by Gasteiger charge is -1.83. The molecular formula is C6H6N4O5P+. The molecule has 0 aliphatic rings. The number of nitrogens with zero attached hydrogens (tertiary/aromatic N) is 4. The highest BCUT2D eigenvalue weighted by molar-refractivity contribution is 7.33. The van der Waals surface area contributed by atoms with E-state index in [4.69, 9.17) is 11.1 Å². The van der Waals surface area contributed by atoms with Crippen molar-refractivity contribution in [2.45, 2.75) is 0 Å². The fourth-order valence-corrected chi connectivity index (χ4v) is 1.01. The maximum atomic E-state index is 10.8. The highest BCUT2D eigenvalue weighted by atomic mass is 31.1. The molecule has 0 unspecified atom stereocenters. The first kappa shape index (κ1) is 14.1. The van der Waals surface area contributed by atoms with Gasteiger partial charge in [0, 0.05) is 4.57 Å². The molecule has 0 radical (unpaired) electrons. The van der Waals surface area contributed by atoms with Crippen molar-refractivity contribution in [1.29, 1.82) is 0 Å². The zero-order valence-corrected chi connectivity index (χ0v) is 8.74. The van der Waals surface area contributed by atoms with E-state index >= 15 is 0 Å². The molecule has 0 aliphatic heterocycles. The molecule has 0 bridgehead atoms. The number of carbonyl (C=O) groups is 2. The minimum absolute atomic E-state index is 0.562. The van der Waals surface area contributed by atoms with Crippen molar-refractivity contribution in [2.75, 3.05) is 13.2 Å². The van der Waals surface area contributed by atoms with Crippen molar-refractivity contribution in [3.63, 3.8) is 0 Å². The standard InChI is InChI=1S/C6H6N4O5P/c7-9-1-5(11)3-14-16(13)15-4-6(12)2-10-8/h1-2H,3-4H2/q+1. The Hall–Kier alpha value is -1.88. The smallest absolute Gasteiger partial charge is 0.361 e. The van der Waals surface area contributed by atoms with E-state index in [9.17, 15) is 14.2 Å². The van der Waals surface area contributed by atoms with Crippen molar-refractivity contribution < 1.29 is 32.8 Å². The topological polar surface area (TPSA) is 142 Å². The zero-order chi connectivity index (χ0) is 12.4. The summed E-state index contributed by atoms with van der Waals surface area (Å²) in [4.78, 5) is 26.1. The van der Waals surface area contributed by atoms with Gasteiger partial charge in [-0.25, -0.2) is 0 Å². The lowest BCUT2D eigenvalue weighted by molar-refractivity contribution is -0.118. The molecule has 0 rings (SSSR count). The van der Waals surface area contributed by atoms with Crippen molar-refractivity contribution in [3.05, 3.63) is 11.1 Å². The number of hydrogen-bond acceptors (Lipinski definition) is 5. The zero-order valence-electron chi connectivity index (χ0n) is 7.85. The first-order chi connectivity index (χ1) is 7.60. The van der Waals surface area contributed by atoms with E-state index in [1.807, 2.05) is 0 Å². The van der Waals surface area contributed by atoms with E-state index in [-0.39, 0.29) is 0 Å². The van der Waals surface area contributed by atoms with E-state index in [0.29, 0.717) is 12.4 Å². The van der Waals surface area contributed by atoms with E-state index in [0.717, 1.165) is 0 Å². The number of rotatable bonds is 8. The Morgan fingerprint density at radius 1 is 1.06 bits per heavy atom. The molecule has 0 aliphatic carbocycles. The lowest BCUT2D eigenvalue weighted by atomic mass is 10.5. The molecule has 0 saturated carbocycles. The van der Waals surface area contributed by atoms with E-state index in [2.05, 4.69) is 18.6 Å². The van der Waals surface area contributed by atoms with Gasteiger partial charge >= 0.3 is 20.7 Å². The molecular weight excluding hydrogens is 239 g/mol. The Labute approximate surface area is 90.2 Å². The Morgan fingerprint density at radius 3 is 1.75 bits per heavy atom. The molecule has 16 heavy (non-hydrogen) atoms. The first-order valence-corrected chi connectivity index (χ1v) is 4.83. The van der Waals surface area contributed by atoms with Gasteiger partial charge in [-0.2, -0.15) is 9.58 Å². The third kappa shape index (κ3) is 7.52. The Morgan fingerprint density at radius 2 is 1.44 bits per heavy atom. The van der Waals surface area contributed by atoms with Crippen LogP contribution in [0.3, 0.4) is 0 Å². The SMILES string of the molecule is [N-]=[N+]=CC(=O)CO[P+](=O)OCC(=O)C=[N+]=[N-]. The summed E-state index contributed by atoms with van der Waals surface area (Å²) < 4.78 is 19.6. The predicted molar refractivity (Wildman–Crippen MR) is 48.9 cm³/mol. The summed E-state index contributed by atoms with van der Waals surface area (Å²) in [6.07, 6.45) is 1.12. The van der Waals surface area contributed by atoms with Crippen LogP contribution in [0.1, 0.15) is 0 Å². The molecule has 0 atom stereocenters. The number of hydrogen-bond donors (Lipinski definition) is 0. The second-order valence-corrected chi connectivity index (χ2v) is 3.16. The molecule has 0 aromatic rings. The summed E-state index contributed by atoms with van der Waals surface area (Å²) in [6.45, 7) is -1.22. The van der Waals surface area contributed by atoms with Gasteiger partial charge in [0.25, 0.3) is 11.6 Å². The fraction of sp³-hybridized carbons (Fsp3) is 0.333. The van der Waals surface area contributed by atoms with Gasteiger partial charge in [-0.1, -0.05) is 0 Å². The van der Waals surface area contributed by atoms with Crippen LogP contribution in [-0.2, 0) is 23.2 Å². The van der Waals surface area contributed by atoms with Crippen molar-refractivity contribution in [2.24, 2.45) is 0 Å². The average molecular weight is 245 g/mol. The van der Waals surface area contributed by atoms with Crippen molar-refractivity contribution in [3.8, 4) is 0 Å². The van der Waals surface area contributed by atoms with Crippen molar-refractivity contribution >= 4 is 32.3 Å². The second-order valence-electron chi connectivity index (χ2n) is 2.19. The van der Waals surface area contributed by atoms with Gasteiger partial charge in [0.1, 0.15) is 0 Å². The molecule has 0 amide bonds. The Kier molecular flexibility index (Phi) is 7.44. The van der Waals surface area contributed by atoms with Crippen LogP contribution in [0, 0.1) is 0 Å². The minimum atomic E-state index is -2.65. The van der Waals surface area contributed by atoms with Crippen molar-refractivity contribution in [1.82, 2.24) is 0 Å². The summed E-state index contributed by atoms with van der Waals surface area (Å²) in [7, 11) is -2.65. The quantitative estimate of drug-likeness (QED) is 0.243. The first-order valence-electron chi connectivity index (χ1n) is 3.73. The summed E-state index contributed by atoms with van der Waals surface area (Å²) in [6, 6.07) is 0. The van der Waals surface area contributed by atoms with E-state index in [1.54, 1.807) is 0 Å². The summed E-state index contributed by atoms with van der Waals surface area (Å²) in [5.74, 6) is -1.45. The van der Waals surface area contributed by atoms with Gasteiger partial charge in [0.15, 0.2) is 13.2 Å². The van der Waals surface area contributed by atoms with Crippen LogP contribution in [0.25, 0.3) is 11.1 Å². The van der Waals surface area contributed by atoms with Crippen LogP contribution in [0.15, 0.2) is 0 Å². The van der Waals surface area contributed by atoms with Crippen LogP contribution in [0.4, 0.5) is 0 Å². The van der Waals surface area contributed by atoms with Crippen LogP contribution < -0.4 is 0 Å². The van der Waals surface area contributed by atoms with Gasteiger partial charge in [-0.05, 0) is 0 Å². The number of carbonyl (C=O) groups excluding carboxylic acids is 2. The highest BCUT2D eigenvalue weighted by Gasteiger charge is 2.24. The van der Waals surface area contributed by atoms with Crippen LogP contribution in [-0.4, -0.2) is 46.8 Å². The monoisotopic (exact) mass is 245 g/mol. The molecule has 9 nitrogen and oxygen atoms in total. The van der Waals surface area contributed by atoms with E-state index in [1.165, 1.54) is 0 Å². The van der Waals surface area contributed by atoms with Gasteiger partial charge in [0.2, 0.25) is 0 Å². The predicted octanol–water partition coefficient (Wildman–Crippen LogP) is -0.584. The molecule has 0 spiro atoms. The average Bonchev–Trinajstić information content (AvgIpc) is 2.24. The maximum Gasteiger partial charge on any atom is 0.698 e. The summed E-state index contributed by atoms with van der Waals surface area (Å²) >= 11 is 0. The summed E-state index contributed by atoms with van der Waals surface area (Å²) in [5, 5.41) is 0. The van der Waals surface area contributed by atoms with Crippen LogP contribution >= 0.6 is 8.25 Å². The maximum absolute atomic E-state index is 10.8. The summed E-state index contributed by atoms with van der Waals surface area (Å²) in [5.41, 5.74) is 15.9. The van der Waals surface area contributed by atoms with Gasteiger partial charge in [-0.15, -0.1) is 9.05 Å². The third-order valence-corrected chi connectivity index (χ3v) is 1.71. The molecule has 0 saturated heterocycles. The molecule has 10 heteroatoms. The Balaban J connectivity index is 3.83. The number of ketones is 2. The van der Waals surface area contributed by atoms with Gasteiger partial charge in [0.05, 0.1) is 0 Å². The normalized spacial score (nSPS) is 9.62. The number of Topliss-reactive ketones (excluding diaryl/α,β-unsaturated/α-hetero) is 2. The molecule has 0 heterocycles.